The van der Waals surface area contributed by atoms with Crippen LogP contribution < -0.4 is 15.5 Å². The lowest BCUT2D eigenvalue weighted by molar-refractivity contribution is 0.0964. The molecule has 0 bridgehead atoms. The summed E-state index contributed by atoms with van der Waals surface area (Å²) in [5.41, 5.74) is 5.25. The first-order chi connectivity index (χ1) is 18.0. The standard InChI is InChI=1S/C28H31N7O2/c1-18(22-4-3-5-23-24(28(37)29-2)6-9-31-27(22)23)14-32-26-13-25(33-17-34-26)19-12-20(16-30-15-19)35-10-7-21(36)8-11-35/h3-6,9,12-13,15-18,21,36H,7-8,10-11,14H2,1-2H3,(H,29,37)(H,32,33,34)/t18-/m1/s1. The highest BCUT2D eigenvalue weighted by Crippen LogP contribution is 2.28. The molecule has 1 aromatic carbocycles. The van der Waals surface area contributed by atoms with Gasteiger partial charge in [-0.3, -0.25) is 14.8 Å². The highest BCUT2D eigenvalue weighted by molar-refractivity contribution is 6.06. The van der Waals surface area contributed by atoms with E-state index in [0.717, 1.165) is 65.2 Å². The molecule has 1 aliphatic rings. The van der Waals surface area contributed by atoms with Crippen LogP contribution in [0.1, 0.15) is 41.6 Å². The molecule has 37 heavy (non-hydrogen) atoms. The van der Waals surface area contributed by atoms with Gasteiger partial charge in [-0.2, -0.15) is 0 Å². The summed E-state index contributed by atoms with van der Waals surface area (Å²) in [6.07, 6.45) is 8.22. The SMILES string of the molecule is CNC(=O)c1ccnc2c([C@H](C)CNc3cc(-c4cncc(N5CCC(O)CC5)c4)ncn3)cccc12. The van der Waals surface area contributed by atoms with E-state index in [1.54, 1.807) is 25.6 Å². The first-order valence-corrected chi connectivity index (χ1v) is 12.6. The van der Waals surface area contributed by atoms with Crippen molar-refractivity contribution >= 4 is 28.3 Å². The Morgan fingerprint density at radius 2 is 1.97 bits per heavy atom. The number of rotatable bonds is 7. The van der Waals surface area contributed by atoms with Crippen LogP contribution in [0.3, 0.4) is 0 Å². The second-order valence-corrected chi connectivity index (χ2v) is 9.40. The molecule has 1 amide bonds. The maximum Gasteiger partial charge on any atom is 0.251 e. The van der Waals surface area contributed by atoms with Crippen LogP contribution in [0.2, 0.25) is 0 Å². The van der Waals surface area contributed by atoms with Crippen LogP contribution in [0.15, 0.2) is 61.3 Å². The zero-order chi connectivity index (χ0) is 25.8. The van der Waals surface area contributed by atoms with Crippen molar-refractivity contribution in [2.45, 2.75) is 31.8 Å². The van der Waals surface area contributed by atoms with Gasteiger partial charge >= 0.3 is 0 Å². The predicted molar refractivity (Wildman–Crippen MR) is 145 cm³/mol. The summed E-state index contributed by atoms with van der Waals surface area (Å²) in [5, 5.41) is 16.8. The molecule has 3 N–H and O–H groups in total. The van der Waals surface area contributed by atoms with Gasteiger partial charge in [0.1, 0.15) is 12.1 Å². The van der Waals surface area contributed by atoms with Gasteiger partial charge < -0.3 is 20.6 Å². The fourth-order valence-electron chi connectivity index (χ4n) is 4.77. The number of hydrogen-bond acceptors (Lipinski definition) is 8. The number of pyridine rings is 2. The summed E-state index contributed by atoms with van der Waals surface area (Å²) >= 11 is 0. The van der Waals surface area contributed by atoms with Crippen LogP contribution >= 0.6 is 0 Å². The van der Waals surface area contributed by atoms with Gasteiger partial charge in [0.15, 0.2) is 0 Å². The second-order valence-electron chi connectivity index (χ2n) is 9.40. The van der Waals surface area contributed by atoms with Crippen molar-refractivity contribution in [3.8, 4) is 11.3 Å². The Kier molecular flexibility index (Phi) is 7.23. The summed E-state index contributed by atoms with van der Waals surface area (Å²) in [6, 6.07) is 11.7. The van der Waals surface area contributed by atoms with Gasteiger partial charge in [0.2, 0.25) is 0 Å². The highest BCUT2D eigenvalue weighted by Gasteiger charge is 2.18. The number of aromatic nitrogens is 4. The Hall–Kier alpha value is -4.11. The number of fused-ring (bicyclic) bond motifs is 1. The first kappa shape index (κ1) is 24.6. The van der Waals surface area contributed by atoms with Gasteiger partial charge in [-0.25, -0.2) is 9.97 Å². The lowest BCUT2D eigenvalue weighted by Crippen LogP contribution is -2.35. The summed E-state index contributed by atoms with van der Waals surface area (Å²) in [5.74, 6) is 0.719. The van der Waals surface area contributed by atoms with Crippen LogP contribution in [0.4, 0.5) is 11.5 Å². The monoisotopic (exact) mass is 497 g/mol. The van der Waals surface area contributed by atoms with Crippen molar-refractivity contribution < 1.29 is 9.90 Å². The molecule has 1 atom stereocenters. The van der Waals surface area contributed by atoms with Crippen molar-refractivity contribution in [2.75, 3.05) is 36.9 Å². The third-order valence-corrected chi connectivity index (χ3v) is 6.91. The van der Waals surface area contributed by atoms with Gasteiger partial charge in [-0.05, 0) is 30.5 Å². The molecule has 1 fully saturated rings. The maximum atomic E-state index is 12.3. The zero-order valence-electron chi connectivity index (χ0n) is 21.1. The van der Waals surface area contributed by atoms with Crippen LogP contribution in [-0.2, 0) is 0 Å². The Morgan fingerprint density at radius 3 is 2.78 bits per heavy atom. The van der Waals surface area contributed by atoms with Crippen molar-refractivity contribution in [3.05, 3.63) is 72.4 Å². The van der Waals surface area contributed by atoms with E-state index >= 15 is 0 Å². The third-order valence-electron chi connectivity index (χ3n) is 6.91. The number of nitrogens with zero attached hydrogens (tertiary/aromatic N) is 5. The Bertz CT molecular complexity index is 1400. The molecular formula is C28H31N7O2. The molecule has 0 unspecified atom stereocenters. The van der Waals surface area contributed by atoms with Gasteiger partial charge in [-0.1, -0.05) is 25.1 Å². The van der Waals surface area contributed by atoms with Gasteiger partial charge in [0.05, 0.1) is 34.8 Å². The number of anilines is 2. The molecule has 1 aliphatic heterocycles. The van der Waals surface area contributed by atoms with Crippen molar-refractivity contribution in [1.82, 2.24) is 25.3 Å². The molecule has 4 heterocycles. The first-order valence-electron chi connectivity index (χ1n) is 12.6. The van der Waals surface area contributed by atoms with E-state index in [1.165, 1.54) is 0 Å². The van der Waals surface area contributed by atoms with Gasteiger partial charge in [0, 0.05) is 62.0 Å². The average Bonchev–Trinajstić information content (AvgIpc) is 2.95. The fourth-order valence-corrected chi connectivity index (χ4v) is 4.77. The van der Waals surface area contributed by atoms with Crippen LogP contribution in [0.25, 0.3) is 22.2 Å². The quantitative estimate of drug-likeness (QED) is 0.355. The number of amides is 1. The average molecular weight is 498 g/mol. The number of para-hydroxylation sites is 1. The molecule has 3 aromatic heterocycles. The topological polar surface area (TPSA) is 116 Å². The van der Waals surface area contributed by atoms with E-state index in [0.29, 0.717) is 12.1 Å². The normalized spacial score (nSPS) is 14.9. The Labute approximate surface area is 216 Å². The number of piperidine rings is 1. The van der Waals surface area contributed by atoms with E-state index in [1.807, 2.05) is 30.6 Å². The molecule has 4 aromatic rings. The molecule has 0 aliphatic carbocycles. The van der Waals surface area contributed by atoms with E-state index < -0.39 is 0 Å². The van der Waals surface area contributed by atoms with Crippen LogP contribution in [0, 0.1) is 0 Å². The highest BCUT2D eigenvalue weighted by atomic mass is 16.3. The van der Waals surface area contributed by atoms with E-state index in [-0.39, 0.29) is 17.9 Å². The molecule has 0 radical (unpaired) electrons. The third kappa shape index (κ3) is 5.36. The largest absolute Gasteiger partial charge is 0.393 e. The molecule has 9 heteroatoms. The smallest absolute Gasteiger partial charge is 0.251 e. The van der Waals surface area contributed by atoms with Crippen LogP contribution in [-0.4, -0.2) is 63.7 Å². The summed E-state index contributed by atoms with van der Waals surface area (Å²) < 4.78 is 0. The van der Waals surface area contributed by atoms with Gasteiger partial charge in [0.25, 0.3) is 5.91 Å². The molecular weight excluding hydrogens is 466 g/mol. The minimum atomic E-state index is -0.215. The number of carbonyl (C=O) groups excluding carboxylic acids is 1. The van der Waals surface area contributed by atoms with Crippen LogP contribution in [0.5, 0.6) is 0 Å². The maximum absolute atomic E-state index is 12.3. The Balaban J connectivity index is 1.32. The van der Waals surface area contributed by atoms with Crippen molar-refractivity contribution in [2.24, 2.45) is 0 Å². The number of hydrogen-bond donors (Lipinski definition) is 3. The summed E-state index contributed by atoms with van der Waals surface area (Å²) in [4.78, 5) is 32.5. The minimum absolute atomic E-state index is 0.119. The number of nitrogens with one attached hydrogen (secondary N) is 2. The Morgan fingerprint density at radius 1 is 1.14 bits per heavy atom. The number of aliphatic hydroxyl groups is 1. The number of carbonyl (C=O) groups is 1. The molecule has 0 saturated carbocycles. The van der Waals surface area contributed by atoms with E-state index in [2.05, 4.69) is 54.5 Å². The molecule has 1 saturated heterocycles. The minimum Gasteiger partial charge on any atom is -0.393 e. The molecule has 190 valence electrons. The predicted octanol–water partition coefficient (Wildman–Crippen LogP) is 3.62. The molecule has 5 rings (SSSR count). The molecule has 0 spiro atoms. The lowest BCUT2D eigenvalue weighted by atomic mass is 9.96. The fraction of sp³-hybridized carbons (Fsp3) is 0.321. The molecule has 9 nitrogen and oxygen atoms in total. The number of aliphatic hydroxyl groups excluding tert-OH is 1. The zero-order valence-corrected chi connectivity index (χ0v) is 21.1. The summed E-state index contributed by atoms with van der Waals surface area (Å²) in [7, 11) is 1.63. The second kappa shape index (κ2) is 10.9. The lowest BCUT2D eigenvalue weighted by Gasteiger charge is -2.31. The summed E-state index contributed by atoms with van der Waals surface area (Å²) in [6.45, 7) is 4.39. The van der Waals surface area contributed by atoms with Gasteiger partial charge in [-0.15, -0.1) is 0 Å². The van der Waals surface area contributed by atoms with E-state index in [4.69, 9.17) is 0 Å². The van der Waals surface area contributed by atoms with Crippen molar-refractivity contribution in [3.63, 3.8) is 0 Å². The van der Waals surface area contributed by atoms with E-state index in [9.17, 15) is 9.90 Å². The number of benzene rings is 1. The van der Waals surface area contributed by atoms with Crippen molar-refractivity contribution in [1.29, 1.82) is 0 Å².